The molecule has 21 heavy (non-hydrogen) atoms. The fourth-order valence-electron chi connectivity index (χ4n) is 2.05. The maximum Gasteiger partial charge on any atom is 0.227 e. The molecule has 0 atom stereocenters. The smallest absolute Gasteiger partial charge is 0.227 e. The van der Waals surface area contributed by atoms with Gasteiger partial charge in [-0.25, -0.2) is 4.98 Å². The summed E-state index contributed by atoms with van der Waals surface area (Å²) in [7, 11) is 0. The van der Waals surface area contributed by atoms with Crippen LogP contribution in [0.15, 0.2) is 40.8 Å². The highest BCUT2D eigenvalue weighted by Crippen LogP contribution is 2.30. The molecule has 4 nitrogen and oxygen atoms in total. The van der Waals surface area contributed by atoms with E-state index >= 15 is 0 Å². The molecule has 106 valence electrons. The third kappa shape index (κ3) is 2.84. The average Bonchev–Trinajstić information content (AvgIpc) is 2.83. The molecule has 0 aliphatic heterocycles. The number of rotatable bonds is 2. The molecule has 3 N–H and O–H groups in total. The molecule has 3 rings (SSSR count). The molecule has 6 heteroatoms. The molecule has 0 fully saturated rings. The number of oxazole rings is 1. The fourth-order valence-corrected chi connectivity index (χ4v) is 2.32. The van der Waals surface area contributed by atoms with Crippen LogP contribution in [0.5, 0.6) is 0 Å². The van der Waals surface area contributed by atoms with E-state index in [1.807, 2.05) is 31.2 Å². The second-order valence-corrected chi connectivity index (χ2v) is 5.52. The Morgan fingerprint density at radius 2 is 2.10 bits per heavy atom. The number of benzene rings is 2. The highest BCUT2D eigenvalue weighted by molar-refractivity contribution is 7.80. The highest BCUT2D eigenvalue weighted by atomic mass is 35.5. The highest BCUT2D eigenvalue weighted by Gasteiger charge is 2.11. The van der Waals surface area contributed by atoms with Gasteiger partial charge in [-0.1, -0.05) is 17.7 Å². The van der Waals surface area contributed by atoms with E-state index in [1.54, 1.807) is 12.1 Å². The van der Waals surface area contributed by atoms with E-state index in [2.05, 4.69) is 10.3 Å². The second kappa shape index (κ2) is 5.35. The van der Waals surface area contributed by atoms with Crippen molar-refractivity contribution in [1.29, 1.82) is 0 Å². The Kier molecular flexibility index (Phi) is 3.53. The Bertz CT molecular complexity index is 844. The average molecular weight is 318 g/mol. The van der Waals surface area contributed by atoms with Gasteiger partial charge < -0.3 is 15.5 Å². The molecule has 0 unspecified atom stereocenters. The number of nitrogens with two attached hydrogens (primary N) is 1. The van der Waals surface area contributed by atoms with Gasteiger partial charge in [0, 0.05) is 5.56 Å². The van der Waals surface area contributed by atoms with Gasteiger partial charge >= 0.3 is 0 Å². The summed E-state index contributed by atoms with van der Waals surface area (Å²) in [5, 5.41) is 3.52. The second-order valence-electron chi connectivity index (χ2n) is 4.67. The number of nitrogens with zero attached hydrogens (tertiary/aromatic N) is 1. The summed E-state index contributed by atoms with van der Waals surface area (Å²) in [5.41, 5.74) is 9.61. The third-order valence-corrected chi connectivity index (χ3v) is 3.45. The molecule has 0 amide bonds. The van der Waals surface area contributed by atoms with E-state index in [1.165, 1.54) is 0 Å². The first-order chi connectivity index (χ1) is 10.0. The van der Waals surface area contributed by atoms with Gasteiger partial charge in [0.25, 0.3) is 0 Å². The molecule has 0 radical (unpaired) electrons. The number of thiocarbonyl (C=S) groups is 1. The van der Waals surface area contributed by atoms with Crippen LogP contribution in [0.1, 0.15) is 5.56 Å². The molecule has 0 saturated carbocycles. The van der Waals surface area contributed by atoms with E-state index in [4.69, 9.17) is 34.0 Å². The number of hydrogen-bond acceptors (Lipinski definition) is 3. The molecular weight excluding hydrogens is 306 g/mol. The topological polar surface area (TPSA) is 64.1 Å². The Morgan fingerprint density at radius 3 is 2.86 bits per heavy atom. The monoisotopic (exact) mass is 317 g/mol. The van der Waals surface area contributed by atoms with Gasteiger partial charge in [0.05, 0.1) is 10.7 Å². The van der Waals surface area contributed by atoms with E-state index in [-0.39, 0.29) is 5.11 Å². The summed E-state index contributed by atoms with van der Waals surface area (Å²) in [6.07, 6.45) is 0. The molecule has 2 aromatic carbocycles. The zero-order valence-corrected chi connectivity index (χ0v) is 12.8. The number of anilines is 1. The predicted molar refractivity (Wildman–Crippen MR) is 89.6 cm³/mol. The van der Waals surface area contributed by atoms with Crippen LogP contribution in [0.25, 0.3) is 22.6 Å². The lowest BCUT2D eigenvalue weighted by molar-refractivity contribution is 0.620. The lowest BCUT2D eigenvalue weighted by atomic mass is 10.2. The molecular formula is C15H12ClN3OS. The van der Waals surface area contributed by atoms with Crippen LogP contribution in [0.3, 0.4) is 0 Å². The number of nitrogens with one attached hydrogen (secondary N) is 1. The zero-order valence-electron chi connectivity index (χ0n) is 11.2. The van der Waals surface area contributed by atoms with Crippen molar-refractivity contribution in [2.45, 2.75) is 6.92 Å². The molecule has 0 aliphatic rings. The maximum atomic E-state index is 6.10. The lowest BCUT2D eigenvalue weighted by Gasteiger charge is -2.07. The minimum absolute atomic E-state index is 0.155. The molecule has 0 spiro atoms. The van der Waals surface area contributed by atoms with E-state index in [0.717, 1.165) is 22.2 Å². The van der Waals surface area contributed by atoms with E-state index < -0.39 is 0 Å². The van der Waals surface area contributed by atoms with Gasteiger partial charge in [-0.2, -0.15) is 0 Å². The van der Waals surface area contributed by atoms with Crippen LogP contribution in [0, 0.1) is 6.92 Å². The quantitative estimate of drug-likeness (QED) is 0.696. The van der Waals surface area contributed by atoms with Crippen molar-refractivity contribution >= 4 is 45.7 Å². The number of halogens is 1. The Hall–Kier alpha value is -2.11. The number of aryl methyl sites for hydroxylation is 1. The molecule has 1 heterocycles. The summed E-state index contributed by atoms with van der Waals surface area (Å²) >= 11 is 10.9. The van der Waals surface area contributed by atoms with Gasteiger partial charge in [-0.15, -0.1) is 0 Å². The minimum atomic E-state index is 0.155. The van der Waals surface area contributed by atoms with Gasteiger partial charge in [-0.3, -0.25) is 0 Å². The first-order valence-corrected chi connectivity index (χ1v) is 7.05. The van der Waals surface area contributed by atoms with Gasteiger partial charge in [0.1, 0.15) is 5.52 Å². The number of hydrogen-bond donors (Lipinski definition) is 2. The number of aromatic nitrogens is 1. The van der Waals surface area contributed by atoms with E-state index in [9.17, 15) is 0 Å². The summed E-state index contributed by atoms with van der Waals surface area (Å²) in [6, 6.07) is 11.3. The third-order valence-electron chi connectivity index (χ3n) is 3.01. The molecule has 0 saturated heterocycles. The first-order valence-electron chi connectivity index (χ1n) is 6.26. The van der Waals surface area contributed by atoms with Crippen LogP contribution < -0.4 is 11.1 Å². The Labute approximate surface area is 131 Å². The standard InChI is InChI=1S/C15H12ClN3OS/c1-8-2-5-13-12(6-8)18-14(20-13)9-3-4-10(16)11(7-9)19-15(17)21/h2-7H,1H3,(H3,17,19,21). The summed E-state index contributed by atoms with van der Waals surface area (Å²) in [5.74, 6) is 0.526. The van der Waals surface area contributed by atoms with Crippen molar-refractivity contribution < 1.29 is 4.42 Å². The molecule has 3 aromatic rings. The Balaban J connectivity index is 2.07. The van der Waals surface area contributed by atoms with Crippen LogP contribution in [0.2, 0.25) is 5.02 Å². The van der Waals surface area contributed by atoms with Crippen LogP contribution in [-0.2, 0) is 0 Å². The predicted octanol–water partition coefficient (Wildman–Crippen LogP) is 4.11. The summed E-state index contributed by atoms with van der Waals surface area (Å²) in [4.78, 5) is 4.49. The van der Waals surface area contributed by atoms with Crippen molar-refractivity contribution in [3.63, 3.8) is 0 Å². The maximum absolute atomic E-state index is 6.10. The van der Waals surface area contributed by atoms with Crippen LogP contribution >= 0.6 is 23.8 Å². The molecule has 0 bridgehead atoms. The first kappa shape index (κ1) is 13.9. The SMILES string of the molecule is Cc1ccc2oc(-c3ccc(Cl)c(NC(N)=S)c3)nc2c1. The Morgan fingerprint density at radius 1 is 1.29 bits per heavy atom. The van der Waals surface area contributed by atoms with Crippen molar-refractivity contribution in [3.05, 3.63) is 47.0 Å². The van der Waals surface area contributed by atoms with Gasteiger partial charge in [0.15, 0.2) is 10.7 Å². The lowest BCUT2D eigenvalue weighted by Crippen LogP contribution is -2.19. The summed E-state index contributed by atoms with van der Waals surface area (Å²) in [6.45, 7) is 2.01. The molecule has 1 aromatic heterocycles. The molecule has 0 aliphatic carbocycles. The normalized spacial score (nSPS) is 10.8. The van der Waals surface area contributed by atoms with E-state index in [0.29, 0.717) is 16.6 Å². The summed E-state index contributed by atoms with van der Waals surface area (Å²) < 4.78 is 5.76. The van der Waals surface area contributed by atoms with Gasteiger partial charge in [0.2, 0.25) is 5.89 Å². The number of fused-ring (bicyclic) bond motifs is 1. The fraction of sp³-hybridized carbons (Fsp3) is 0.0667. The van der Waals surface area contributed by atoms with Crippen molar-refractivity contribution in [2.24, 2.45) is 5.73 Å². The van der Waals surface area contributed by atoms with Crippen molar-refractivity contribution in [2.75, 3.05) is 5.32 Å². The van der Waals surface area contributed by atoms with Crippen LogP contribution in [-0.4, -0.2) is 10.1 Å². The van der Waals surface area contributed by atoms with Crippen molar-refractivity contribution in [1.82, 2.24) is 4.98 Å². The van der Waals surface area contributed by atoms with Crippen molar-refractivity contribution in [3.8, 4) is 11.5 Å². The van der Waals surface area contributed by atoms with Crippen LogP contribution in [0.4, 0.5) is 5.69 Å². The van der Waals surface area contributed by atoms with Gasteiger partial charge in [-0.05, 0) is 55.0 Å². The zero-order chi connectivity index (χ0) is 15.0. The minimum Gasteiger partial charge on any atom is -0.436 e. The largest absolute Gasteiger partial charge is 0.436 e.